The molecule has 0 aliphatic heterocycles. The Balaban J connectivity index is 1.88. The maximum atomic E-state index is 14.0. The van der Waals surface area contributed by atoms with Crippen molar-refractivity contribution in [3.8, 4) is 5.75 Å². The van der Waals surface area contributed by atoms with Crippen LogP contribution in [0, 0.1) is 0 Å². The summed E-state index contributed by atoms with van der Waals surface area (Å²) in [6.45, 7) is -0.750. The maximum Gasteiger partial charge on any atom is 0.442 e. The lowest BCUT2D eigenvalue weighted by Gasteiger charge is -2.33. The van der Waals surface area contributed by atoms with Crippen LogP contribution in [0.1, 0.15) is 0 Å². The molecule has 1 aromatic heterocycles. The molecule has 3 aromatic rings. The van der Waals surface area contributed by atoms with Gasteiger partial charge in [0.15, 0.2) is 11.7 Å². The molecule has 0 aliphatic rings. The van der Waals surface area contributed by atoms with E-state index < -0.39 is 30.3 Å². The molecule has 1 heterocycles. The van der Waals surface area contributed by atoms with Gasteiger partial charge in [0.05, 0.1) is 17.3 Å². The molecule has 0 fully saturated rings. The van der Waals surface area contributed by atoms with E-state index in [1.165, 1.54) is 12.1 Å². The van der Waals surface area contributed by atoms with Gasteiger partial charge in [-0.3, -0.25) is 4.79 Å². The molecule has 0 saturated carbocycles. The van der Waals surface area contributed by atoms with E-state index in [0.717, 1.165) is 18.4 Å². The number of amides is 1. The summed E-state index contributed by atoms with van der Waals surface area (Å²) in [6.07, 6.45) is -5.25. The molecule has 11 heteroatoms. The number of hydrogen-bond acceptors (Lipinski definition) is 7. The number of ether oxygens (including phenoxy) is 2. The van der Waals surface area contributed by atoms with E-state index in [1.807, 2.05) is 5.32 Å². The third kappa shape index (κ3) is 4.46. The second-order valence-electron chi connectivity index (χ2n) is 6.00. The van der Waals surface area contributed by atoms with Crippen molar-refractivity contribution in [3.05, 3.63) is 54.6 Å². The number of fused-ring (bicyclic) bond motifs is 1. The summed E-state index contributed by atoms with van der Waals surface area (Å²) >= 11 is 0.893. The Bertz CT molecular complexity index is 1010. The van der Waals surface area contributed by atoms with Crippen LogP contribution in [0.3, 0.4) is 0 Å². The lowest BCUT2D eigenvalue weighted by Crippen LogP contribution is -2.69. The minimum Gasteiger partial charge on any atom is -0.484 e. The first-order valence-corrected chi connectivity index (χ1v) is 9.34. The van der Waals surface area contributed by atoms with Crippen LogP contribution in [0.2, 0.25) is 0 Å². The van der Waals surface area contributed by atoms with E-state index in [9.17, 15) is 22.8 Å². The number of methoxy groups -OCH3 is 1. The first-order chi connectivity index (χ1) is 14.2. The van der Waals surface area contributed by atoms with E-state index in [-0.39, 0.29) is 10.9 Å². The standard InChI is InChI=1S/C19H16F3N3O4S/c1-28-16(27)18(19(20,21)22,24-15(26)11-29-12-7-3-2-4-8-12)25-17-23-13-9-5-6-10-14(13)30-17/h2-10H,11H2,1H3,(H,23,25)(H,24,26)/t18-/m1/s1. The number of thiazole rings is 1. The smallest absolute Gasteiger partial charge is 0.442 e. The number of aromatic nitrogens is 1. The second kappa shape index (κ2) is 8.57. The highest BCUT2D eigenvalue weighted by Gasteiger charge is 2.64. The van der Waals surface area contributed by atoms with Gasteiger partial charge in [0, 0.05) is 0 Å². The summed E-state index contributed by atoms with van der Waals surface area (Å²) in [5.74, 6) is -2.65. The molecule has 0 spiro atoms. The van der Waals surface area contributed by atoms with Gasteiger partial charge in [0.25, 0.3) is 5.91 Å². The van der Waals surface area contributed by atoms with E-state index in [1.54, 1.807) is 47.8 Å². The van der Waals surface area contributed by atoms with Gasteiger partial charge in [-0.1, -0.05) is 41.7 Å². The highest BCUT2D eigenvalue weighted by Crippen LogP contribution is 2.35. The highest BCUT2D eigenvalue weighted by molar-refractivity contribution is 7.22. The molecule has 30 heavy (non-hydrogen) atoms. The Hall–Kier alpha value is -3.34. The molecule has 0 unspecified atom stereocenters. The number of benzene rings is 2. The van der Waals surface area contributed by atoms with Gasteiger partial charge in [0.1, 0.15) is 5.75 Å². The minimum absolute atomic E-state index is 0.219. The zero-order valence-electron chi connectivity index (χ0n) is 15.5. The summed E-state index contributed by atoms with van der Waals surface area (Å²) in [7, 11) is 0.787. The van der Waals surface area contributed by atoms with Crippen LogP contribution in [0.25, 0.3) is 10.2 Å². The van der Waals surface area contributed by atoms with Crippen LogP contribution in [0.4, 0.5) is 18.3 Å². The summed E-state index contributed by atoms with van der Waals surface area (Å²) in [5.41, 5.74) is -3.11. The summed E-state index contributed by atoms with van der Waals surface area (Å²) in [6, 6.07) is 14.7. The second-order valence-corrected chi connectivity index (χ2v) is 7.03. The van der Waals surface area contributed by atoms with Crippen LogP contribution in [0.15, 0.2) is 54.6 Å². The van der Waals surface area contributed by atoms with Crippen LogP contribution in [-0.4, -0.2) is 42.4 Å². The lowest BCUT2D eigenvalue weighted by molar-refractivity contribution is -0.206. The zero-order chi connectivity index (χ0) is 21.8. The predicted molar refractivity (Wildman–Crippen MR) is 104 cm³/mol. The first-order valence-electron chi connectivity index (χ1n) is 8.53. The van der Waals surface area contributed by atoms with Crippen molar-refractivity contribution < 1.29 is 32.2 Å². The number of para-hydroxylation sites is 2. The molecule has 158 valence electrons. The lowest BCUT2D eigenvalue weighted by atomic mass is 10.1. The van der Waals surface area contributed by atoms with Gasteiger partial charge < -0.3 is 20.1 Å². The average Bonchev–Trinajstić information content (AvgIpc) is 3.13. The van der Waals surface area contributed by atoms with Crippen molar-refractivity contribution >= 4 is 38.6 Å². The maximum absolute atomic E-state index is 14.0. The van der Waals surface area contributed by atoms with Crippen LogP contribution in [0.5, 0.6) is 5.75 Å². The monoisotopic (exact) mass is 439 g/mol. The van der Waals surface area contributed by atoms with E-state index in [4.69, 9.17) is 4.74 Å². The van der Waals surface area contributed by atoms with E-state index in [2.05, 4.69) is 9.72 Å². The SMILES string of the molecule is COC(=O)[C@@](NC(=O)COc1ccccc1)(Nc1nc2ccccc2s1)C(F)(F)F. The third-order valence-corrected chi connectivity index (χ3v) is 4.90. The molecule has 2 N–H and O–H groups in total. The number of esters is 1. The molecule has 7 nitrogen and oxygen atoms in total. The zero-order valence-corrected chi connectivity index (χ0v) is 16.3. The fraction of sp³-hybridized carbons (Fsp3) is 0.211. The molecule has 0 aliphatic carbocycles. The third-order valence-electron chi connectivity index (χ3n) is 3.95. The van der Waals surface area contributed by atoms with Crippen LogP contribution in [-0.2, 0) is 14.3 Å². The molecular formula is C19H16F3N3O4S. The van der Waals surface area contributed by atoms with Gasteiger partial charge in [-0.25, -0.2) is 9.78 Å². The minimum atomic E-state index is -5.25. The number of anilines is 1. The fourth-order valence-electron chi connectivity index (χ4n) is 2.54. The van der Waals surface area contributed by atoms with Crippen molar-refractivity contribution in [2.75, 3.05) is 19.0 Å². The Morgan fingerprint density at radius 2 is 1.73 bits per heavy atom. The number of nitrogens with zero attached hydrogens (tertiary/aromatic N) is 1. The summed E-state index contributed by atoms with van der Waals surface area (Å²) < 4.78 is 52.2. The molecule has 0 bridgehead atoms. The van der Waals surface area contributed by atoms with Crippen LogP contribution >= 0.6 is 11.3 Å². The molecule has 2 aromatic carbocycles. The van der Waals surface area contributed by atoms with Crippen molar-refractivity contribution in [1.82, 2.24) is 10.3 Å². The van der Waals surface area contributed by atoms with Crippen molar-refractivity contribution in [2.45, 2.75) is 11.8 Å². The van der Waals surface area contributed by atoms with Gasteiger partial charge in [0.2, 0.25) is 0 Å². The van der Waals surface area contributed by atoms with Gasteiger partial charge in [-0.2, -0.15) is 13.2 Å². The van der Waals surface area contributed by atoms with Crippen molar-refractivity contribution in [3.63, 3.8) is 0 Å². The molecule has 3 rings (SSSR count). The number of carbonyl (C=O) groups is 2. The van der Waals surface area contributed by atoms with E-state index >= 15 is 0 Å². The molecule has 0 saturated heterocycles. The number of halogens is 3. The fourth-order valence-corrected chi connectivity index (χ4v) is 3.46. The normalized spacial score (nSPS) is 13.3. The Kier molecular flexibility index (Phi) is 6.11. The number of hydrogen-bond donors (Lipinski definition) is 2. The van der Waals surface area contributed by atoms with Gasteiger partial charge in [-0.15, -0.1) is 0 Å². The Labute approximate surface area is 172 Å². The van der Waals surface area contributed by atoms with Gasteiger partial charge >= 0.3 is 17.8 Å². The molecule has 1 atom stereocenters. The Morgan fingerprint density at radius 3 is 2.37 bits per heavy atom. The molecule has 0 radical (unpaired) electrons. The number of rotatable bonds is 7. The number of alkyl halides is 3. The first kappa shape index (κ1) is 21.4. The predicted octanol–water partition coefficient (Wildman–Crippen LogP) is 3.34. The average molecular weight is 439 g/mol. The van der Waals surface area contributed by atoms with Crippen LogP contribution < -0.4 is 15.4 Å². The molecular weight excluding hydrogens is 423 g/mol. The van der Waals surface area contributed by atoms with Gasteiger partial charge in [-0.05, 0) is 24.3 Å². The Morgan fingerprint density at radius 1 is 1.07 bits per heavy atom. The summed E-state index contributed by atoms with van der Waals surface area (Å²) in [4.78, 5) is 28.5. The number of carbonyl (C=O) groups excluding carboxylic acids is 2. The largest absolute Gasteiger partial charge is 0.484 e. The highest BCUT2D eigenvalue weighted by atomic mass is 32.1. The van der Waals surface area contributed by atoms with Crippen molar-refractivity contribution in [1.29, 1.82) is 0 Å². The quantitative estimate of drug-likeness (QED) is 0.434. The summed E-state index contributed by atoms with van der Waals surface area (Å²) in [5, 5.41) is 3.48. The van der Waals surface area contributed by atoms with E-state index in [0.29, 0.717) is 10.2 Å². The van der Waals surface area contributed by atoms with Crippen molar-refractivity contribution in [2.24, 2.45) is 0 Å². The topological polar surface area (TPSA) is 89.5 Å². The molecule has 1 amide bonds. The number of nitrogens with one attached hydrogen (secondary N) is 2.